The van der Waals surface area contributed by atoms with Crippen LogP contribution in [0.3, 0.4) is 0 Å². The lowest BCUT2D eigenvalue weighted by Gasteiger charge is -2.04. The van der Waals surface area contributed by atoms with E-state index in [4.69, 9.17) is 10.00 Å². The molecule has 0 aromatic heterocycles. The molecule has 0 N–H and O–H groups in total. The summed E-state index contributed by atoms with van der Waals surface area (Å²) in [7, 11) is 0. The molecule has 19 heavy (non-hydrogen) atoms. The molecule has 0 unspecified atom stereocenters. The van der Waals surface area contributed by atoms with Gasteiger partial charge in [0.2, 0.25) is 0 Å². The molecule has 0 atom stereocenters. The number of nitrogens with zero attached hydrogens (tertiary/aromatic N) is 1. The third kappa shape index (κ3) is 9.27. The van der Waals surface area contributed by atoms with E-state index in [-0.39, 0.29) is 0 Å². The molecule has 0 saturated heterocycles. The molecule has 2 heteroatoms. The Morgan fingerprint density at radius 2 is 1.47 bits per heavy atom. The van der Waals surface area contributed by atoms with Gasteiger partial charge in [-0.15, -0.1) is 0 Å². The smallest absolute Gasteiger partial charge is 0.0716 e. The number of hydrogen-bond acceptors (Lipinski definition) is 2. The molecular formula is C17H25NO. The van der Waals surface area contributed by atoms with E-state index in [2.05, 4.69) is 18.2 Å². The third-order valence-electron chi connectivity index (χ3n) is 3.19. The first-order valence-corrected chi connectivity index (χ1v) is 7.42. The van der Waals surface area contributed by atoms with Crippen LogP contribution in [0.15, 0.2) is 30.3 Å². The molecule has 0 radical (unpaired) electrons. The van der Waals surface area contributed by atoms with Crippen molar-refractivity contribution in [3.05, 3.63) is 35.9 Å². The zero-order valence-electron chi connectivity index (χ0n) is 11.8. The van der Waals surface area contributed by atoms with Crippen molar-refractivity contribution < 1.29 is 4.74 Å². The summed E-state index contributed by atoms with van der Waals surface area (Å²) >= 11 is 0. The molecule has 0 fully saturated rings. The van der Waals surface area contributed by atoms with E-state index in [0.29, 0.717) is 6.42 Å². The first-order chi connectivity index (χ1) is 9.43. The van der Waals surface area contributed by atoms with Crippen LogP contribution in [0.1, 0.15) is 56.9 Å². The van der Waals surface area contributed by atoms with Gasteiger partial charge in [0.15, 0.2) is 0 Å². The van der Waals surface area contributed by atoms with Gasteiger partial charge in [-0.25, -0.2) is 0 Å². The fraction of sp³-hybridized carbons (Fsp3) is 0.588. The quantitative estimate of drug-likeness (QED) is 0.532. The first kappa shape index (κ1) is 15.7. The van der Waals surface area contributed by atoms with Crippen molar-refractivity contribution in [2.24, 2.45) is 0 Å². The molecule has 0 spiro atoms. The molecule has 0 saturated carbocycles. The summed E-state index contributed by atoms with van der Waals surface area (Å²) in [6.07, 6.45) is 9.26. The average Bonchev–Trinajstić information content (AvgIpc) is 2.46. The Balaban J connectivity index is 1.80. The van der Waals surface area contributed by atoms with Crippen LogP contribution >= 0.6 is 0 Å². The zero-order valence-corrected chi connectivity index (χ0v) is 11.8. The fourth-order valence-corrected chi connectivity index (χ4v) is 2.06. The molecule has 0 amide bonds. The summed E-state index contributed by atoms with van der Waals surface area (Å²) in [5.74, 6) is 0. The van der Waals surface area contributed by atoms with E-state index in [0.717, 1.165) is 26.1 Å². The monoisotopic (exact) mass is 259 g/mol. The highest BCUT2D eigenvalue weighted by Crippen LogP contribution is 2.09. The predicted molar refractivity (Wildman–Crippen MR) is 78.6 cm³/mol. The van der Waals surface area contributed by atoms with E-state index in [9.17, 15) is 0 Å². The minimum atomic E-state index is 0.716. The van der Waals surface area contributed by atoms with Crippen molar-refractivity contribution in [2.75, 3.05) is 6.61 Å². The van der Waals surface area contributed by atoms with Gasteiger partial charge in [-0.05, 0) is 18.4 Å². The summed E-state index contributed by atoms with van der Waals surface area (Å²) in [4.78, 5) is 0. The van der Waals surface area contributed by atoms with Crippen molar-refractivity contribution in [2.45, 2.75) is 58.0 Å². The van der Waals surface area contributed by atoms with E-state index in [1.807, 2.05) is 18.2 Å². The van der Waals surface area contributed by atoms with Crippen molar-refractivity contribution in [3.8, 4) is 6.07 Å². The second-order valence-corrected chi connectivity index (χ2v) is 4.92. The van der Waals surface area contributed by atoms with Crippen LogP contribution in [0.5, 0.6) is 0 Å². The predicted octanol–water partition coefficient (Wildman–Crippen LogP) is 4.85. The van der Waals surface area contributed by atoms with Gasteiger partial charge in [-0.3, -0.25) is 0 Å². The van der Waals surface area contributed by atoms with Crippen LogP contribution in [-0.2, 0) is 11.3 Å². The summed E-state index contributed by atoms with van der Waals surface area (Å²) in [6.45, 7) is 1.60. The highest BCUT2D eigenvalue weighted by molar-refractivity contribution is 5.13. The molecule has 0 aliphatic carbocycles. The lowest BCUT2D eigenvalue weighted by atomic mass is 10.1. The maximum absolute atomic E-state index is 8.41. The molecule has 0 bridgehead atoms. The minimum absolute atomic E-state index is 0.716. The Morgan fingerprint density at radius 1 is 0.842 bits per heavy atom. The van der Waals surface area contributed by atoms with Crippen LogP contribution in [0.2, 0.25) is 0 Å². The van der Waals surface area contributed by atoms with E-state index in [1.54, 1.807) is 0 Å². The van der Waals surface area contributed by atoms with Crippen LogP contribution in [0.25, 0.3) is 0 Å². The summed E-state index contributed by atoms with van der Waals surface area (Å²) in [6, 6.07) is 12.5. The van der Waals surface area contributed by atoms with E-state index < -0.39 is 0 Å². The second kappa shape index (κ2) is 11.7. The fourth-order valence-electron chi connectivity index (χ4n) is 2.06. The number of ether oxygens (including phenoxy) is 1. The largest absolute Gasteiger partial charge is 0.377 e. The molecule has 104 valence electrons. The van der Waals surface area contributed by atoms with E-state index in [1.165, 1.54) is 37.7 Å². The maximum Gasteiger partial charge on any atom is 0.0716 e. The van der Waals surface area contributed by atoms with Gasteiger partial charge in [0.25, 0.3) is 0 Å². The number of unbranched alkanes of at least 4 members (excludes halogenated alkanes) is 7. The van der Waals surface area contributed by atoms with Crippen molar-refractivity contribution in [3.63, 3.8) is 0 Å². The van der Waals surface area contributed by atoms with Gasteiger partial charge in [0, 0.05) is 13.0 Å². The number of rotatable bonds is 11. The summed E-state index contributed by atoms with van der Waals surface area (Å²) < 4.78 is 5.64. The van der Waals surface area contributed by atoms with Gasteiger partial charge >= 0.3 is 0 Å². The maximum atomic E-state index is 8.41. The minimum Gasteiger partial charge on any atom is -0.377 e. The molecule has 1 rings (SSSR count). The van der Waals surface area contributed by atoms with Gasteiger partial charge in [-0.2, -0.15) is 5.26 Å². The van der Waals surface area contributed by atoms with Gasteiger partial charge < -0.3 is 4.74 Å². The molecule has 2 nitrogen and oxygen atoms in total. The first-order valence-electron chi connectivity index (χ1n) is 7.42. The highest BCUT2D eigenvalue weighted by Gasteiger charge is 1.94. The van der Waals surface area contributed by atoms with Crippen LogP contribution in [0, 0.1) is 11.3 Å². The Hall–Kier alpha value is -1.33. The lowest BCUT2D eigenvalue weighted by molar-refractivity contribution is 0.116. The topological polar surface area (TPSA) is 33.0 Å². The third-order valence-corrected chi connectivity index (χ3v) is 3.19. The molecule has 0 aliphatic rings. The van der Waals surface area contributed by atoms with Crippen LogP contribution < -0.4 is 0 Å². The van der Waals surface area contributed by atoms with Crippen molar-refractivity contribution in [1.29, 1.82) is 5.26 Å². The Bertz CT molecular complexity index is 342. The van der Waals surface area contributed by atoms with Gasteiger partial charge in [0.1, 0.15) is 0 Å². The standard InChI is InChI=1S/C17H25NO/c18-14-10-5-3-1-2-4-6-11-15-19-16-17-12-8-7-9-13-17/h7-9,12-13H,1-6,10-11,15-16H2. The van der Waals surface area contributed by atoms with Crippen molar-refractivity contribution in [1.82, 2.24) is 0 Å². The van der Waals surface area contributed by atoms with E-state index >= 15 is 0 Å². The van der Waals surface area contributed by atoms with Gasteiger partial charge in [0.05, 0.1) is 12.7 Å². The zero-order chi connectivity index (χ0) is 13.6. The average molecular weight is 259 g/mol. The number of benzene rings is 1. The van der Waals surface area contributed by atoms with Crippen LogP contribution in [-0.4, -0.2) is 6.61 Å². The molecule has 1 aromatic rings. The second-order valence-electron chi connectivity index (χ2n) is 4.92. The molecule has 0 heterocycles. The van der Waals surface area contributed by atoms with Gasteiger partial charge in [-0.1, -0.05) is 62.4 Å². The lowest BCUT2D eigenvalue weighted by Crippen LogP contribution is -1.95. The Labute approximate surface area is 117 Å². The molecular weight excluding hydrogens is 234 g/mol. The normalized spacial score (nSPS) is 10.3. The van der Waals surface area contributed by atoms with Crippen LogP contribution in [0.4, 0.5) is 0 Å². The summed E-state index contributed by atoms with van der Waals surface area (Å²) in [5, 5.41) is 8.41. The highest BCUT2D eigenvalue weighted by atomic mass is 16.5. The number of nitriles is 1. The summed E-state index contributed by atoms with van der Waals surface area (Å²) in [5.41, 5.74) is 1.25. The Morgan fingerprint density at radius 3 is 2.16 bits per heavy atom. The number of hydrogen-bond donors (Lipinski definition) is 0. The molecule has 1 aromatic carbocycles. The molecule has 0 aliphatic heterocycles. The van der Waals surface area contributed by atoms with Crippen molar-refractivity contribution >= 4 is 0 Å². The SMILES string of the molecule is N#CCCCCCCCCCOCc1ccccc1. The Kier molecular flexibility index (Phi) is 9.72.